The first-order valence-electron chi connectivity index (χ1n) is 7.13. The molecule has 6 nitrogen and oxygen atoms in total. The van der Waals surface area contributed by atoms with Crippen molar-refractivity contribution in [3.63, 3.8) is 0 Å². The molecule has 0 N–H and O–H groups in total. The van der Waals surface area contributed by atoms with Crippen molar-refractivity contribution in [1.82, 2.24) is 20.1 Å². The summed E-state index contributed by atoms with van der Waals surface area (Å²) in [5.41, 5.74) is 1.31. The highest BCUT2D eigenvalue weighted by Gasteiger charge is 2.31. The van der Waals surface area contributed by atoms with Gasteiger partial charge in [-0.3, -0.25) is 0 Å². The van der Waals surface area contributed by atoms with Crippen molar-refractivity contribution >= 4 is 6.09 Å². The van der Waals surface area contributed by atoms with Crippen molar-refractivity contribution in [3.8, 4) is 0 Å². The lowest BCUT2D eigenvalue weighted by molar-refractivity contribution is 0.0218. The molecular weight excluding hydrogens is 256 g/mol. The third kappa shape index (κ3) is 2.89. The van der Waals surface area contributed by atoms with E-state index in [0.29, 0.717) is 19.0 Å². The molecule has 1 aromatic rings. The van der Waals surface area contributed by atoms with Gasteiger partial charge in [0.1, 0.15) is 11.3 Å². The fourth-order valence-electron chi connectivity index (χ4n) is 2.22. The maximum absolute atomic E-state index is 12.0. The number of aromatic nitrogens is 3. The summed E-state index contributed by atoms with van der Waals surface area (Å²) in [4.78, 5) is 18.3. The molecule has 0 atom stereocenters. The minimum atomic E-state index is -0.475. The second kappa shape index (κ2) is 4.68. The molecule has 0 unspecified atom stereocenters. The van der Waals surface area contributed by atoms with Crippen LogP contribution >= 0.6 is 0 Å². The monoisotopic (exact) mass is 276 g/mol. The van der Waals surface area contributed by atoms with Crippen LogP contribution < -0.4 is 0 Å². The zero-order valence-corrected chi connectivity index (χ0v) is 12.2. The van der Waals surface area contributed by atoms with Crippen LogP contribution in [0.3, 0.4) is 0 Å². The average molecular weight is 276 g/mol. The van der Waals surface area contributed by atoms with Crippen LogP contribution in [-0.2, 0) is 17.7 Å². The van der Waals surface area contributed by atoms with Gasteiger partial charge < -0.3 is 9.64 Å². The second-order valence-corrected chi connectivity index (χ2v) is 6.49. The van der Waals surface area contributed by atoms with Crippen molar-refractivity contribution in [2.24, 2.45) is 0 Å². The first-order chi connectivity index (χ1) is 9.42. The summed E-state index contributed by atoms with van der Waals surface area (Å²) >= 11 is 0. The number of ether oxygens (including phenoxy) is 1. The zero-order chi connectivity index (χ0) is 14.3. The second-order valence-electron chi connectivity index (χ2n) is 6.49. The molecule has 0 spiro atoms. The fourth-order valence-corrected chi connectivity index (χ4v) is 2.22. The minimum Gasteiger partial charge on any atom is -0.444 e. The molecule has 0 aromatic carbocycles. The van der Waals surface area contributed by atoms with Gasteiger partial charge in [-0.2, -0.15) is 0 Å². The van der Waals surface area contributed by atoms with Crippen LogP contribution in [0, 0.1) is 0 Å². The molecule has 1 aliphatic carbocycles. The van der Waals surface area contributed by atoms with Gasteiger partial charge in [0.2, 0.25) is 0 Å². The Balaban J connectivity index is 1.70. The first kappa shape index (κ1) is 13.3. The Morgan fingerprint density at radius 3 is 2.65 bits per heavy atom. The van der Waals surface area contributed by atoms with E-state index in [0.717, 1.165) is 23.6 Å². The highest BCUT2D eigenvalue weighted by molar-refractivity contribution is 5.68. The third-order valence-electron chi connectivity index (χ3n) is 3.41. The van der Waals surface area contributed by atoms with Crippen LogP contribution in [0.4, 0.5) is 4.79 Å². The van der Waals surface area contributed by atoms with Crippen molar-refractivity contribution < 1.29 is 9.53 Å². The van der Waals surface area contributed by atoms with Gasteiger partial charge in [0.25, 0.3) is 0 Å². The predicted octanol–water partition coefficient (Wildman–Crippen LogP) is 2.04. The Bertz CT molecular complexity index is 534. The molecule has 6 heteroatoms. The number of carbonyl (C=O) groups is 1. The van der Waals surface area contributed by atoms with Crippen molar-refractivity contribution in [1.29, 1.82) is 0 Å². The SMILES string of the molecule is CC(C)(C)OC(=O)N1CCc2nc(C3CC3)nnc2C1. The maximum Gasteiger partial charge on any atom is 0.410 e. The summed E-state index contributed by atoms with van der Waals surface area (Å²) in [5, 5.41) is 8.43. The van der Waals surface area contributed by atoms with Crippen LogP contribution in [0.15, 0.2) is 0 Å². The standard InChI is InChI=1S/C14H20N4O2/c1-14(2,3)20-13(19)18-7-6-10-11(8-18)16-17-12(15-10)9-4-5-9/h9H,4-8H2,1-3H3. The van der Waals surface area contributed by atoms with Gasteiger partial charge in [-0.1, -0.05) is 0 Å². The van der Waals surface area contributed by atoms with Gasteiger partial charge in [-0.15, -0.1) is 10.2 Å². The summed E-state index contributed by atoms with van der Waals surface area (Å²) in [6.07, 6.45) is 2.77. The smallest absolute Gasteiger partial charge is 0.410 e. The summed E-state index contributed by atoms with van der Waals surface area (Å²) in [6, 6.07) is 0. The number of fused-ring (bicyclic) bond motifs is 1. The van der Waals surface area contributed by atoms with Crippen LogP contribution in [0.5, 0.6) is 0 Å². The van der Waals surface area contributed by atoms with Crippen LogP contribution in [0.1, 0.15) is 56.7 Å². The molecule has 3 rings (SSSR count). The molecular formula is C14H20N4O2. The van der Waals surface area contributed by atoms with Gasteiger partial charge in [-0.05, 0) is 33.6 Å². The van der Waals surface area contributed by atoms with Crippen molar-refractivity contribution in [3.05, 3.63) is 17.2 Å². The highest BCUT2D eigenvalue weighted by atomic mass is 16.6. The van der Waals surface area contributed by atoms with Crippen LogP contribution in [0.25, 0.3) is 0 Å². The molecule has 1 fully saturated rings. The van der Waals surface area contributed by atoms with Gasteiger partial charge in [0.05, 0.1) is 12.2 Å². The number of rotatable bonds is 1. The lowest BCUT2D eigenvalue weighted by Gasteiger charge is -2.30. The minimum absolute atomic E-state index is 0.295. The van der Waals surface area contributed by atoms with E-state index in [-0.39, 0.29) is 6.09 Å². The van der Waals surface area contributed by atoms with E-state index in [2.05, 4.69) is 15.2 Å². The van der Waals surface area contributed by atoms with Gasteiger partial charge in [0, 0.05) is 18.9 Å². The topological polar surface area (TPSA) is 68.2 Å². The summed E-state index contributed by atoms with van der Waals surface area (Å²) in [7, 11) is 0. The largest absolute Gasteiger partial charge is 0.444 e. The van der Waals surface area contributed by atoms with E-state index in [9.17, 15) is 4.79 Å². The van der Waals surface area contributed by atoms with Crippen molar-refractivity contribution in [2.75, 3.05) is 6.54 Å². The van der Waals surface area contributed by atoms with Gasteiger partial charge in [0.15, 0.2) is 5.82 Å². The third-order valence-corrected chi connectivity index (χ3v) is 3.41. The molecule has 0 saturated heterocycles. The Morgan fingerprint density at radius 1 is 1.25 bits per heavy atom. The van der Waals surface area contributed by atoms with E-state index < -0.39 is 5.60 Å². The molecule has 2 aliphatic rings. The summed E-state index contributed by atoms with van der Waals surface area (Å²) in [6.45, 7) is 6.67. The van der Waals surface area contributed by atoms with Gasteiger partial charge >= 0.3 is 6.09 Å². The molecule has 20 heavy (non-hydrogen) atoms. The van der Waals surface area contributed by atoms with E-state index in [1.807, 2.05) is 20.8 Å². The quantitative estimate of drug-likeness (QED) is 0.785. The molecule has 1 amide bonds. The molecule has 1 aliphatic heterocycles. The lowest BCUT2D eigenvalue weighted by Crippen LogP contribution is -2.40. The number of nitrogens with zero attached hydrogens (tertiary/aromatic N) is 4. The number of carbonyl (C=O) groups excluding carboxylic acids is 1. The Morgan fingerprint density at radius 2 is 2.00 bits per heavy atom. The predicted molar refractivity (Wildman–Crippen MR) is 72.2 cm³/mol. The fraction of sp³-hybridized carbons (Fsp3) is 0.714. The Labute approximate surface area is 118 Å². The number of hydrogen-bond donors (Lipinski definition) is 0. The molecule has 1 saturated carbocycles. The highest BCUT2D eigenvalue weighted by Crippen LogP contribution is 2.38. The normalized spacial score (nSPS) is 18.6. The molecule has 2 heterocycles. The molecule has 1 aromatic heterocycles. The lowest BCUT2D eigenvalue weighted by atomic mass is 10.1. The van der Waals surface area contributed by atoms with E-state index >= 15 is 0 Å². The van der Waals surface area contributed by atoms with E-state index in [1.54, 1.807) is 4.90 Å². The summed E-state index contributed by atoms with van der Waals surface area (Å²) in [5.74, 6) is 1.38. The average Bonchev–Trinajstić information content (AvgIpc) is 3.19. The van der Waals surface area contributed by atoms with Crippen molar-refractivity contribution in [2.45, 2.75) is 58.1 Å². The van der Waals surface area contributed by atoms with E-state index in [1.165, 1.54) is 12.8 Å². The maximum atomic E-state index is 12.0. The molecule has 108 valence electrons. The Hall–Kier alpha value is -1.72. The summed E-state index contributed by atoms with van der Waals surface area (Å²) < 4.78 is 5.38. The molecule has 0 radical (unpaired) electrons. The molecule has 0 bridgehead atoms. The number of amides is 1. The van der Waals surface area contributed by atoms with Crippen LogP contribution in [0.2, 0.25) is 0 Å². The Kier molecular flexibility index (Phi) is 3.11. The van der Waals surface area contributed by atoms with E-state index in [4.69, 9.17) is 4.74 Å². The first-order valence-corrected chi connectivity index (χ1v) is 7.13. The zero-order valence-electron chi connectivity index (χ0n) is 12.2. The van der Waals surface area contributed by atoms with Crippen LogP contribution in [-0.4, -0.2) is 38.3 Å². The number of hydrogen-bond acceptors (Lipinski definition) is 5. The van der Waals surface area contributed by atoms with Gasteiger partial charge in [-0.25, -0.2) is 9.78 Å².